The third kappa shape index (κ3) is 6.64. The van der Waals surface area contributed by atoms with Crippen molar-refractivity contribution in [2.24, 2.45) is 0 Å². The summed E-state index contributed by atoms with van der Waals surface area (Å²) in [5.41, 5.74) is -0.551. The summed E-state index contributed by atoms with van der Waals surface area (Å²) in [6, 6.07) is 0. The highest BCUT2D eigenvalue weighted by molar-refractivity contribution is 5.86. The molecule has 2 N–H and O–H groups in total. The van der Waals surface area contributed by atoms with Gasteiger partial charge in [-0.25, -0.2) is 14.3 Å². The van der Waals surface area contributed by atoms with E-state index in [-0.39, 0.29) is 24.0 Å². The summed E-state index contributed by atoms with van der Waals surface area (Å²) < 4.78 is 11.9. The van der Waals surface area contributed by atoms with Gasteiger partial charge in [0.1, 0.15) is 5.60 Å². The van der Waals surface area contributed by atoms with Crippen molar-refractivity contribution >= 4 is 12.1 Å². The van der Waals surface area contributed by atoms with Crippen LogP contribution in [0, 0.1) is 0 Å². The summed E-state index contributed by atoms with van der Waals surface area (Å²) >= 11 is 0. The number of nitrogens with zero attached hydrogens (tertiary/aromatic N) is 3. The Bertz CT molecular complexity index is 548. The van der Waals surface area contributed by atoms with Gasteiger partial charge >= 0.3 is 12.1 Å². The van der Waals surface area contributed by atoms with Crippen LogP contribution in [-0.2, 0) is 22.6 Å². The van der Waals surface area contributed by atoms with Crippen molar-refractivity contribution in [3.63, 3.8) is 0 Å². The second kappa shape index (κ2) is 7.91. The van der Waals surface area contributed by atoms with E-state index in [4.69, 9.17) is 14.6 Å². The summed E-state index contributed by atoms with van der Waals surface area (Å²) in [4.78, 5) is 22.9. The number of alkyl carbamates (subject to hydrolysis) is 1. The van der Waals surface area contributed by atoms with Crippen LogP contribution in [0.25, 0.3) is 0 Å². The lowest BCUT2D eigenvalue weighted by molar-refractivity contribution is 0.0518. The molecule has 0 fully saturated rings. The van der Waals surface area contributed by atoms with Gasteiger partial charge in [-0.1, -0.05) is 5.21 Å². The molecule has 1 aromatic rings. The summed E-state index contributed by atoms with van der Waals surface area (Å²) in [6.07, 6.45) is -0.583. The average molecular weight is 328 g/mol. The quantitative estimate of drug-likeness (QED) is 0.777. The number of amides is 1. The fraction of sp³-hybridized carbons (Fsp3) is 0.714. The minimum atomic E-state index is -1.21. The Kier molecular flexibility index (Phi) is 6.49. The summed E-state index contributed by atoms with van der Waals surface area (Å²) in [6.45, 7) is 9.66. The van der Waals surface area contributed by atoms with Crippen LogP contribution in [0.2, 0.25) is 0 Å². The Balaban J connectivity index is 2.75. The van der Waals surface area contributed by atoms with E-state index >= 15 is 0 Å². The predicted molar refractivity (Wildman–Crippen MR) is 81.1 cm³/mol. The zero-order valence-corrected chi connectivity index (χ0v) is 14.1. The largest absolute Gasteiger partial charge is 0.476 e. The summed E-state index contributed by atoms with van der Waals surface area (Å²) in [7, 11) is 0. The number of carboxylic acid groups (broad SMARTS) is 1. The smallest absolute Gasteiger partial charge is 0.407 e. The fourth-order valence-electron chi connectivity index (χ4n) is 1.70. The lowest BCUT2D eigenvalue weighted by Crippen LogP contribution is -2.33. The van der Waals surface area contributed by atoms with E-state index in [9.17, 15) is 9.59 Å². The molecule has 0 spiro atoms. The molecule has 0 radical (unpaired) electrons. The van der Waals surface area contributed by atoms with E-state index in [0.29, 0.717) is 13.2 Å². The van der Waals surface area contributed by atoms with Gasteiger partial charge in [0.25, 0.3) is 0 Å². The van der Waals surface area contributed by atoms with Crippen molar-refractivity contribution in [3.05, 3.63) is 11.4 Å². The molecule has 1 rings (SSSR count). The lowest BCUT2D eigenvalue weighted by Gasteiger charge is -2.19. The molecule has 0 aliphatic rings. The van der Waals surface area contributed by atoms with Crippen LogP contribution < -0.4 is 5.32 Å². The summed E-state index contributed by atoms with van der Waals surface area (Å²) in [5.74, 6) is -1.21. The molecule has 0 unspecified atom stereocenters. The monoisotopic (exact) mass is 328 g/mol. The molecule has 0 bridgehead atoms. The molecule has 0 aliphatic carbocycles. The number of carbonyl (C=O) groups excluding carboxylic acids is 1. The third-order valence-corrected chi connectivity index (χ3v) is 2.59. The van der Waals surface area contributed by atoms with Crippen LogP contribution >= 0.6 is 0 Å². The van der Waals surface area contributed by atoms with Crippen LogP contribution in [0.15, 0.2) is 0 Å². The molecule has 0 saturated carbocycles. The van der Waals surface area contributed by atoms with Crippen LogP contribution in [0.1, 0.15) is 50.8 Å². The SMILES string of the molecule is CC(C)OCCn1nnc(C(=O)O)c1CNC(=O)OC(C)(C)C. The van der Waals surface area contributed by atoms with Crippen molar-refractivity contribution in [2.75, 3.05) is 6.61 Å². The molecule has 0 atom stereocenters. The van der Waals surface area contributed by atoms with E-state index in [1.54, 1.807) is 20.8 Å². The second-order valence-electron chi connectivity index (χ2n) is 6.19. The number of hydrogen-bond acceptors (Lipinski definition) is 6. The highest BCUT2D eigenvalue weighted by atomic mass is 16.6. The van der Waals surface area contributed by atoms with Gasteiger partial charge in [0.05, 0.1) is 31.5 Å². The minimum Gasteiger partial charge on any atom is -0.476 e. The first kappa shape index (κ1) is 18.9. The molecular weight excluding hydrogens is 304 g/mol. The van der Waals surface area contributed by atoms with Gasteiger partial charge in [0.2, 0.25) is 0 Å². The molecule has 23 heavy (non-hydrogen) atoms. The number of hydrogen-bond donors (Lipinski definition) is 2. The Labute approximate surface area is 135 Å². The van der Waals surface area contributed by atoms with Gasteiger partial charge in [-0.05, 0) is 34.6 Å². The van der Waals surface area contributed by atoms with E-state index in [1.807, 2.05) is 13.8 Å². The molecule has 0 saturated heterocycles. The Morgan fingerprint density at radius 3 is 2.52 bits per heavy atom. The van der Waals surface area contributed by atoms with E-state index in [2.05, 4.69) is 15.6 Å². The zero-order valence-electron chi connectivity index (χ0n) is 14.1. The average Bonchev–Trinajstić information content (AvgIpc) is 2.77. The predicted octanol–water partition coefficient (Wildman–Crippen LogP) is 1.43. The number of carbonyl (C=O) groups is 2. The van der Waals surface area contributed by atoms with Crippen LogP contribution in [-0.4, -0.2) is 50.5 Å². The first-order valence-electron chi connectivity index (χ1n) is 7.34. The fourth-order valence-corrected chi connectivity index (χ4v) is 1.70. The van der Waals surface area contributed by atoms with Gasteiger partial charge in [-0.2, -0.15) is 0 Å². The third-order valence-electron chi connectivity index (χ3n) is 2.59. The van der Waals surface area contributed by atoms with Gasteiger partial charge in [0.15, 0.2) is 5.69 Å². The van der Waals surface area contributed by atoms with E-state index in [1.165, 1.54) is 4.68 Å². The second-order valence-corrected chi connectivity index (χ2v) is 6.19. The van der Waals surface area contributed by atoms with Crippen molar-refractivity contribution < 1.29 is 24.2 Å². The lowest BCUT2D eigenvalue weighted by atomic mass is 10.2. The normalized spacial score (nSPS) is 11.6. The zero-order chi connectivity index (χ0) is 17.6. The molecule has 9 heteroatoms. The number of carboxylic acids is 1. The molecule has 9 nitrogen and oxygen atoms in total. The van der Waals surface area contributed by atoms with Gasteiger partial charge in [-0.15, -0.1) is 5.10 Å². The van der Waals surface area contributed by atoms with Crippen LogP contribution in [0.5, 0.6) is 0 Å². The minimum absolute atomic E-state index is 0.0504. The Morgan fingerprint density at radius 2 is 2.00 bits per heavy atom. The van der Waals surface area contributed by atoms with Crippen LogP contribution in [0.3, 0.4) is 0 Å². The number of rotatable bonds is 7. The van der Waals surface area contributed by atoms with Gasteiger partial charge in [-0.3, -0.25) is 0 Å². The van der Waals surface area contributed by atoms with Crippen molar-refractivity contribution in [1.29, 1.82) is 0 Å². The summed E-state index contributed by atoms with van der Waals surface area (Å²) in [5, 5.41) is 19.1. The number of nitrogens with one attached hydrogen (secondary N) is 1. The molecule has 1 amide bonds. The highest BCUT2D eigenvalue weighted by Gasteiger charge is 2.21. The van der Waals surface area contributed by atoms with Crippen molar-refractivity contribution in [3.8, 4) is 0 Å². The molecule has 0 aliphatic heterocycles. The standard InChI is InChI=1S/C14H24N4O5/c1-9(2)22-7-6-18-10(11(12(19)20)16-17-18)8-15-13(21)23-14(3,4)5/h9H,6-8H2,1-5H3,(H,15,21)(H,19,20). The van der Waals surface area contributed by atoms with Gasteiger partial charge in [0, 0.05) is 0 Å². The maximum Gasteiger partial charge on any atom is 0.407 e. The number of aromatic nitrogens is 3. The van der Waals surface area contributed by atoms with Crippen LogP contribution in [0.4, 0.5) is 4.79 Å². The maximum atomic E-state index is 11.7. The Morgan fingerprint density at radius 1 is 1.35 bits per heavy atom. The van der Waals surface area contributed by atoms with E-state index < -0.39 is 17.7 Å². The molecule has 1 heterocycles. The number of aromatic carboxylic acids is 1. The molecule has 0 aromatic carbocycles. The molecular formula is C14H24N4O5. The Hall–Kier alpha value is -2.16. The van der Waals surface area contributed by atoms with Crippen molar-refractivity contribution in [1.82, 2.24) is 20.3 Å². The molecule has 1 aromatic heterocycles. The highest BCUT2D eigenvalue weighted by Crippen LogP contribution is 2.09. The molecule has 130 valence electrons. The maximum absolute atomic E-state index is 11.7. The topological polar surface area (TPSA) is 116 Å². The first-order valence-corrected chi connectivity index (χ1v) is 7.34. The first-order chi connectivity index (χ1) is 10.6. The van der Waals surface area contributed by atoms with E-state index in [0.717, 1.165) is 0 Å². The number of ether oxygens (including phenoxy) is 2. The van der Waals surface area contributed by atoms with Gasteiger partial charge < -0.3 is 19.9 Å². The van der Waals surface area contributed by atoms with Crippen molar-refractivity contribution in [2.45, 2.75) is 59.4 Å².